The molecule has 0 spiro atoms. The molecule has 3 heterocycles. The Balaban J connectivity index is 1.53. The van der Waals surface area contributed by atoms with Gasteiger partial charge in [0, 0.05) is 6.07 Å². The van der Waals surface area contributed by atoms with Crippen LogP contribution in [0.4, 0.5) is 5.82 Å². The Morgan fingerprint density at radius 1 is 0.971 bits per heavy atom. The van der Waals surface area contributed by atoms with Gasteiger partial charge in [-0.1, -0.05) is 43.3 Å². The number of nitrogens with zero attached hydrogens (tertiary/aromatic N) is 6. The summed E-state index contributed by atoms with van der Waals surface area (Å²) in [6, 6.07) is 17.8. The Morgan fingerprint density at radius 3 is 2.51 bits per heavy atom. The molecule has 5 aromatic rings. The van der Waals surface area contributed by atoms with Gasteiger partial charge in [0.05, 0.1) is 28.9 Å². The highest BCUT2D eigenvalue weighted by Crippen LogP contribution is 2.26. The second-order valence-electron chi connectivity index (χ2n) is 8.70. The van der Waals surface area contributed by atoms with Gasteiger partial charge in [0.1, 0.15) is 12.1 Å². The van der Waals surface area contributed by atoms with Crippen LogP contribution in [0.2, 0.25) is 0 Å². The Morgan fingerprint density at radius 2 is 1.77 bits per heavy atom. The maximum atomic E-state index is 13.2. The van der Waals surface area contributed by atoms with Crippen LogP contribution >= 0.6 is 0 Å². The molecule has 0 bridgehead atoms. The molecule has 5 rings (SSSR count). The van der Waals surface area contributed by atoms with Gasteiger partial charge in [-0.25, -0.2) is 14.6 Å². The molecule has 3 aromatic heterocycles. The van der Waals surface area contributed by atoms with Crippen LogP contribution in [-0.2, 0) is 4.79 Å². The van der Waals surface area contributed by atoms with Gasteiger partial charge in [-0.05, 0) is 56.0 Å². The van der Waals surface area contributed by atoms with Crippen LogP contribution < -0.4 is 5.32 Å². The third kappa shape index (κ3) is 4.19. The van der Waals surface area contributed by atoms with Crippen molar-refractivity contribution in [3.05, 3.63) is 89.5 Å². The molecule has 1 amide bonds. The molecule has 0 saturated carbocycles. The first-order chi connectivity index (χ1) is 17.0. The predicted octanol–water partition coefficient (Wildman–Crippen LogP) is 5.06. The fraction of sp³-hybridized carbons (Fsp3) is 0.222. The van der Waals surface area contributed by atoms with Crippen LogP contribution in [0.25, 0.3) is 22.5 Å². The van der Waals surface area contributed by atoms with Crippen LogP contribution in [0.3, 0.4) is 0 Å². The fourth-order valence-corrected chi connectivity index (χ4v) is 4.27. The fourth-order valence-electron chi connectivity index (χ4n) is 4.27. The van der Waals surface area contributed by atoms with E-state index in [0.717, 1.165) is 22.3 Å². The summed E-state index contributed by atoms with van der Waals surface area (Å²) >= 11 is 0. The number of benzene rings is 2. The number of aryl methyl sites for hydroxylation is 3. The Labute approximate surface area is 203 Å². The monoisotopic (exact) mass is 465 g/mol. The molecule has 8 heteroatoms. The maximum Gasteiger partial charge on any atom is 0.233 e. The van der Waals surface area contributed by atoms with Gasteiger partial charge < -0.3 is 5.32 Å². The minimum Gasteiger partial charge on any atom is -0.310 e. The average Bonchev–Trinajstić information content (AvgIpc) is 3.45. The molecule has 1 atom stereocenters. The maximum absolute atomic E-state index is 13.2. The lowest BCUT2D eigenvalue weighted by molar-refractivity contribution is -0.117. The molecule has 2 aromatic carbocycles. The summed E-state index contributed by atoms with van der Waals surface area (Å²) in [6.07, 6.45) is 3.92. The van der Waals surface area contributed by atoms with E-state index in [9.17, 15) is 4.79 Å². The molecule has 35 heavy (non-hydrogen) atoms. The van der Waals surface area contributed by atoms with Crippen molar-refractivity contribution < 1.29 is 4.79 Å². The standard InChI is InChI=1S/C27H27N7O/c1-5-22(20-9-7-6-8-10-20)27(35)31-24-14-19(4)32-34(24)26-23-15-30-33(25(23)28-16-29-26)21-12-11-17(2)18(3)13-21/h6-16,22H,5H2,1-4H3,(H,31,35). The highest BCUT2D eigenvalue weighted by Gasteiger charge is 2.22. The number of aromatic nitrogens is 6. The lowest BCUT2D eigenvalue weighted by Gasteiger charge is -2.16. The third-order valence-corrected chi connectivity index (χ3v) is 6.29. The first kappa shape index (κ1) is 22.5. The molecule has 0 radical (unpaired) electrons. The number of anilines is 1. The Kier molecular flexibility index (Phi) is 5.86. The number of amides is 1. The molecule has 176 valence electrons. The summed E-state index contributed by atoms with van der Waals surface area (Å²) in [4.78, 5) is 22.2. The van der Waals surface area contributed by atoms with E-state index in [0.29, 0.717) is 23.7 Å². The second kappa shape index (κ2) is 9.13. The summed E-state index contributed by atoms with van der Waals surface area (Å²) in [6.45, 7) is 8.05. The van der Waals surface area contributed by atoms with Gasteiger partial charge in [0.15, 0.2) is 11.5 Å². The third-order valence-electron chi connectivity index (χ3n) is 6.29. The first-order valence-corrected chi connectivity index (χ1v) is 11.7. The van der Waals surface area contributed by atoms with Crippen molar-refractivity contribution >= 4 is 22.8 Å². The van der Waals surface area contributed by atoms with E-state index in [1.165, 1.54) is 17.5 Å². The number of nitrogens with one attached hydrogen (secondary N) is 1. The Hall–Kier alpha value is -4.33. The van der Waals surface area contributed by atoms with E-state index >= 15 is 0 Å². The van der Waals surface area contributed by atoms with Crippen LogP contribution in [0.1, 0.15) is 41.6 Å². The highest BCUT2D eigenvalue weighted by molar-refractivity contribution is 5.96. The smallest absolute Gasteiger partial charge is 0.233 e. The molecule has 1 unspecified atom stereocenters. The van der Waals surface area contributed by atoms with Crippen molar-refractivity contribution in [3.8, 4) is 11.5 Å². The molecule has 1 N–H and O–H groups in total. The summed E-state index contributed by atoms with van der Waals surface area (Å²) in [5, 5.41) is 13.0. The molecule has 8 nitrogen and oxygen atoms in total. The minimum atomic E-state index is -0.266. The molecule has 0 fully saturated rings. The van der Waals surface area contributed by atoms with Gasteiger partial charge >= 0.3 is 0 Å². The van der Waals surface area contributed by atoms with E-state index in [1.807, 2.05) is 56.3 Å². The SMILES string of the molecule is CCC(C(=O)Nc1cc(C)nn1-c1ncnc2c1cnn2-c1ccc(C)c(C)c1)c1ccccc1. The molecular weight excluding hydrogens is 438 g/mol. The summed E-state index contributed by atoms with van der Waals surface area (Å²) in [5.41, 5.74) is 5.73. The van der Waals surface area contributed by atoms with Crippen LogP contribution in [0.5, 0.6) is 0 Å². The summed E-state index contributed by atoms with van der Waals surface area (Å²) in [7, 11) is 0. The van der Waals surface area contributed by atoms with Crippen molar-refractivity contribution in [1.29, 1.82) is 0 Å². The van der Waals surface area contributed by atoms with E-state index in [1.54, 1.807) is 15.6 Å². The van der Waals surface area contributed by atoms with Crippen LogP contribution in [0, 0.1) is 20.8 Å². The number of hydrogen-bond donors (Lipinski definition) is 1. The molecule has 0 aliphatic carbocycles. The van der Waals surface area contributed by atoms with Gasteiger partial charge in [0.2, 0.25) is 5.91 Å². The minimum absolute atomic E-state index is 0.0871. The highest BCUT2D eigenvalue weighted by atomic mass is 16.2. The largest absolute Gasteiger partial charge is 0.310 e. The molecular formula is C27H27N7O. The predicted molar refractivity (Wildman–Crippen MR) is 136 cm³/mol. The quantitative estimate of drug-likeness (QED) is 0.379. The van der Waals surface area contributed by atoms with Crippen LogP contribution in [-0.4, -0.2) is 35.4 Å². The second-order valence-corrected chi connectivity index (χ2v) is 8.70. The number of fused-ring (bicyclic) bond motifs is 1. The topological polar surface area (TPSA) is 90.5 Å². The molecule has 0 aliphatic rings. The zero-order chi connectivity index (χ0) is 24.5. The van der Waals surface area contributed by atoms with E-state index in [-0.39, 0.29) is 11.8 Å². The van der Waals surface area contributed by atoms with Gasteiger partial charge in [0.25, 0.3) is 0 Å². The van der Waals surface area contributed by atoms with Crippen molar-refractivity contribution in [3.63, 3.8) is 0 Å². The lowest BCUT2D eigenvalue weighted by atomic mass is 9.96. The summed E-state index contributed by atoms with van der Waals surface area (Å²) < 4.78 is 3.45. The molecule has 0 saturated heterocycles. The number of carbonyl (C=O) groups excluding carboxylic acids is 1. The molecule has 0 aliphatic heterocycles. The zero-order valence-corrected chi connectivity index (χ0v) is 20.2. The van der Waals surface area contributed by atoms with Gasteiger partial charge in [-0.3, -0.25) is 4.79 Å². The van der Waals surface area contributed by atoms with Gasteiger partial charge in [-0.15, -0.1) is 0 Å². The van der Waals surface area contributed by atoms with Crippen LogP contribution in [0.15, 0.2) is 67.1 Å². The van der Waals surface area contributed by atoms with Gasteiger partial charge in [-0.2, -0.15) is 14.9 Å². The lowest BCUT2D eigenvalue weighted by Crippen LogP contribution is -2.22. The number of rotatable bonds is 6. The van der Waals surface area contributed by atoms with E-state index < -0.39 is 0 Å². The van der Waals surface area contributed by atoms with Crippen molar-refractivity contribution in [2.45, 2.75) is 40.0 Å². The normalized spacial score (nSPS) is 12.1. The number of hydrogen-bond acceptors (Lipinski definition) is 5. The Bertz CT molecular complexity index is 1520. The zero-order valence-electron chi connectivity index (χ0n) is 20.2. The van der Waals surface area contributed by atoms with Crippen molar-refractivity contribution in [2.24, 2.45) is 0 Å². The average molecular weight is 466 g/mol. The van der Waals surface area contributed by atoms with Crippen molar-refractivity contribution in [2.75, 3.05) is 5.32 Å². The first-order valence-electron chi connectivity index (χ1n) is 11.7. The van der Waals surface area contributed by atoms with E-state index in [2.05, 4.69) is 51.5 Å². The van der Waals surface area contributed by atoms with E-state index in [4.69, 9.17) is 0 Å². The van der Waals surface area contributed by atoms with Crippen molar-refractivity contribution in [1.82, 2.24) is 29.5 Å². The summed E-state index contributed by atoms with van der Waals surface area (Å²) in [5.74, 6) is 0.760. The number of carbonyl (C=O) groups is 1.